The quantitative estimate of drug-likeness (QED) is 0.443. The van der Waals surface area contributed by atoms with Crippen LogP contribution in [0.25, 0.3) is 22.3 Å². The maximum Gasteiger partial charge on any atom is 0.240 e. The van der Waals surface area contributed by atoms with E-state index in [0.29, 0.717) is 18.2 Å². The Hall–Kier alpha value is -3.29. The van der Waals surface area contributed by atoms with Crippen LogP contribution in [0.2, 0.25) is 0 Å². The maximum absolute atomic E-state index is 12.4. The molecular weight excluding hydrogens is 396 g/mol. The highest BCUT2D eigenvalue weighted by atomic mass is 32.2. The van der Waals surface area contributed by atoms with Gasteiger partial charge in [0.15, 0.2) is 5.82 Å². The highest BCUT2D eigenvalue weighted by Gasteiger charge is 2.13. The van der Waals surface area contributed by atoms with Crippen LogP contribution in [0.3, 0.4) is 0 Å². The predicted octanol–water partition coefficient (Wildman–Crippen LogP) is 4.00. The van der Waals surface area contributed by atoms with E-state index in [4.69, 9.17) is 4.98 Å². The van der Waals surface area contributed by atoms with E-state index in [1.807, 2.05) is 55.5 Å². The second-order valence-electron chi connectivity index (χ2n) is 6.92. The van der Waals surface area contributed by atoms with Crippen molar-refractivity contribution in [2.24, 2.45) is 0 Å². The molecule has 1 aromatic heterocycles. The number of rotatable bonds is 7. The lowest BCUT2D eigenvalue weighted by atomic mass is 10.1. The van der Waals surface area contributed by atoms with Crippen LogP contribution >= 0.6 is 0 Å². The van der Waals surface area contributed by atoms with Gasteiger partial charge in [-0.2, -0.15) is 0 Å². The Bertz CT molecular complexity index is 1260. The first-order valence-electron chi connectivity index (χ1n) is 9.65. The smallest absolute Gasteiger partial charge is 0.240 e. The summed E-state index contributed by atoms with van der Waals surface area (Å²) < 4.78 is 27.3. The van der Waals surface area contributed by atoms with Crippen LogP contribution in [0, 0.1) is 6.92 Å². The summed E-state index contributed by atoms with van der Waals surface area (Å²) in [6, 6.07) is 24.1. The zero-order chi connectivity index (χ0) is 21.0. The lowest BCUT2D eigenvalue weighted by Gasteiger charge is -2.12. The average Bonchev–Trinajstić information content (AvgIpc) is 2.77. The van der Waals surface area contributed by atoms with Crippen molar-refractivity contribution in [1.29, 1.82) is 0 Å². The van der Waals surface area contributed by atoms with Crippen LogP contribution in [-0.4, -0.2) is 31.5 Å². The molecule has 1 heterocycles. The van der Waals surface area contributed by atoms with E-state index in [1.54, 1.807) is 30.3 Å². The minimum Gasteiger partial charge on any atom is -0.368 e. The van der Waals surface area contributed by atoms with Gasteiger partial charge in [-0.3, -0.25) is 0 Å². The topological polar surface area (TPSA) is 84.0 Å². The van der Waals surface area contributed by atoms with Crippen molar-refractivity contribution in [1.82, 2.24) is 14.7 Å². The third kappa shape index (κ3) is 4.48. The van der Waals surface area contributed by atoms with Crippen molar-refractivity contribution in [3.63, 3.8) is 0 Å². The molecule has 4 rings (SSSR count). The van der Waals surface area contributed by atoms with Crippen molar-refractivity contribution in [2.75, 3.05) is 18.4 Å². The summed E-state index contributed by atoms with van der Waals surface area (Å²) in [5, 5.41) is 4.14. The molecule has 0 saturated carbocycles. The second kappa shape index (κ2) is 8.61. The Balaban J connectivity index is 1.53. The van der Waals surface area contributed by atoms with Crippen molar-refractivity contribution in [2.45, 2.75) is 11.8 Å². The molecule has 0 aliphatic carbocycles. The largest absolute Gasteiger partial charge is 0.368 e. The molecule has 0 saturated heterocycles. The molecule has 2 N–H and O–H groups in total. The molecule has 0 aliphatic rings. The Kier molecular flexibility index (Phi) is 5.74. The molecule has 0 radical (unpaired) electrons. The third-order valence-corrected chi connectivity index (χ3v) is 6.15. The van der Waals surface area contributed by atoms with Crippen molar-refractivity contribution in [3.8, 4) is 11.4 Å². The second-order valence-corrected chi connectivity index (χ2v) is 8.68. The van der Waals surface area contributed by atoms with Gasteiger partial charge >= 0.3 is 0 Å². The lowest BCUT2D eigenvalue weighted by molar-refractivity contribution is 0.583. The Morgan fingerprint density at radius 2 is 1.50 bits per heavy atom. The minimum absolute atomic E-state index is 0.232. The van der Waals surface area contributed by atoms with Crippen molar-refractivity contribution < 1.29 is 8.42 Å². The monoisotopic (exact) mass is 418 g/mol. The van der Waals surface area contributed by atoms with Gasteiger partial charge in [0.2, 0.25) is 10.0 Å². The Morgan fingerprint density at radius 3 is 2.27 bits per heavy atom. The molecule has 0 aliphatic heterocycles. The van der Waals surface area contributed by atoms with Crippen LogP contribution in [0.15, 0.2) is 83.8 Å². The van der Waals surface area contributed by atoms with E-state index in [-0.39, 0.29) is 11.4 Å². The maximum atomic E-state index is 12.4. The molecule has 3 aromatic carbocycles. The summed E-state index contributed by atoms with van der Waals surface area (Å²) >= 11 is 0. The standard InChI is InChI=1S/C23H22N4O2S/c1-17-11-13-18(14-12-17)22-26-21-10-6-5-9-20(21)23(27-22)24-15-16-25-30(28,29)19-7-3-2-4-8-19/h2-14,25H,15-16H2,1H3,(H,24,26,27). The number of hydrogen-bond acceptors (Lipinski definition) is 5. The van der Waals surface area contributed by atoms with Gasteiger partial charge in [0, 0.05) is 24.0 Å². The number of sulfonamides is 1. The van der Waals surface area contributed by atoms with E-state index in [9.17, 15) is 8.42 Å². The van der Waals surface area contributed by atoms with E-state index in [0.717, 1.165) is 16.5 Å². The van der Waals surface area contributed by atoms with Gasteiger partial charge in [0.05, 0.1) is 10.4 Å². The normalized spacial score (nSPS) is 11.5. The van der Waals surface area contributed by atoms with Crippen LogP contribution < -0.4 is 10.0 Å². The van der Waals surface area contributed by atoms with Gasteiger partial charge in [-0.1, -0.05) is 60.2 Å². The van der Waals surface area contributed by atoms with Crippen LogP contribution in [-0.2, 0) is 10.0 Å². The molecule has 6 nitrogen and oxygen atoms in total. The molecule has 0 fully saturated rings. The molecule has 0 spiro atoms. The molecule has 30 heavy (non-hydrogen) atoms. The fourth-order valence-electron chi connectivity index (χ4n) is 3.09. The van der Waals surface area contributed by atoms with Gasteiger partial charge in [-0.25, -0.2) is 23.1 Å². The van der Waals surface area contributed by atoms with Crippen molar-refractivity contribution in [3.05, 3.63) is 84.4 Å². The average molecular weight is 419 g/mol. The summed E-state index contributed by atoms with van der Waals surface area (Å²) in [4.78, 5) is 9.62. The number of fused-ring (bicyclic) bond motifs is 1. The van der Waals surface area contributed by atoms with E-state index < -0.39 is 10.0 Å². The van der Waals surface area contributed by atoms with Gasteiger partial charge in [-0.15, -0.1) is 0 Å². The Morgan fingerprint density at radius 1 is 0.800 bits per heavy atom. The Labute approximate surface area is 176 Å². The predicted molar refractivity (Wildman–Crippen MR) is 120 cm³/mol. The first-order chi connectivity index (χ1) is 14.5. The number of hydrogen-bond donors (Lipinski definition) is 2. The number of benzene rings is 3. The molecule has 0 amide bonds. The molecule has 4 aromatic rings. The molecule has 0 atom stereocenters. The molecule has 0 bridgehead atoms. The van der Waals surface area contributed by atoms with Gasteiger partial charge in [-0.05, 0) is 31.2 Å². The van der Waals surface area contributed by atoms with E-state index >= 15 is 0 Å². The van der Waals surface area contributed by atoms with Gasteiger partial charge < -0.3 is 5.32 Å². The molecular formula is C23H22N4O2S. The van der Waals surface area contributed by atoms with Crippen LogP contribution in [0.1, 0.15) is 5.56 Å². The fraction of sp³-hybridized carbons (Fsp3) is 0.130. The lowest BCUT2D eigenvalue weighted by Crippen LogP contribution is -2.29. The molecule has 7 heteroatoms. The van der Waals surface area contributed by atoms with Gasteiger partial charge in [0.1, 0.15) is 5.82 Å². The summed E-state index contributed by atoms with van der Waals surface area (Å²) in [5.74, 6) is 1.30. The first kappa shape index (κ1) is 20.0. The molecule has 152 valence electrons. The number of anilines is 1. The number of nitrogens with one attached hydrogen (secondary N) is 2. The highest BCUT2D eigenvalue weighted by molar-refractivity contribution is 7.89. The SMILES string of the molecule is Cc1ccc(-c2nc(NCCNS(=O)(=O)c3ccccc3)c3ccccc3n2)cc1. The summed E-state index contributed by atoms with van der Waals surface area (Å²) in [6.07, 6.45) is 0. The fourth-order valence-corrected chi connectivity index (χ4v) is 4.15. The van der Waals surface area contributed by atoms with Crippen molar-refractivity contribution >= 4 is 26.7 Å². The minimum atomic E-state index is -3.54. The molecule has 0 unspecified atom stereocenters. The first-order valence-corrected chi connectivity index (χ1v) is 11.1. The number of aromatic nitrogens is 2. The zero-order valence-electron chi connectivity index (χ0n) is 16.5. The number of para-hydroxylation sites is 1. The van der Waals surface area contributed by atoms with Crippen LogP contribution in [0.4, 0.5) is 5.82 Å². The van der Waals surface area contributed by atoms with E-state index in [1.165, 1.54) is 5.56 Å². The zero-order valence-corrected chi connectivity index (χ0v) is 17.4. The van der Waals surface area contributed by atoms with E-state index in [2.05, 4.69) is 15.0 Å². The number of nitrogens with zero attached hydrogens (tertiary/aromatic N) is 2. The summed E-state index contributed by atoms with van der Waals surface area (Å²) in [7, 11) is -3.54. The summed E-state index contributed by atoms with van der Waals surface area (Å²) in [5.41, 5.74) is 2.93. The van der Waals surface area contributed by atoms with Gasteiger partial charge in [0.25, 0.3) is 0 Å². The highest BCUT2D eigenvalue weighted by Crippen LogP contribution is 2.25. The third-order valence-electron chi connectivity index (χ3n) is 4.68. The number of aryl methyl sites for hydroxylation is 1. The summed E-state index contributed by atoms with van der Waals surface area (Å²) in [6.45, 7) is 2.66. The van der Waals surface area contributed by atoms with Crippen LogP contribution in [0.5, 0.6) is 0 Å².